The number of carboxylic acid groups (broad SMARTS) is 1. The van der Waals surface area contributed by atoms with Crippen LogP contribution in [0.2, 0.25) is 10.0 Å². The zero-order chi connectivity index (χ0) is 21.3. The van der Waals surface area contributed by atoms with Crippen LogP contribution in [-0.4, -0.2) is 20.6 Å². The summed E-state index contributed by atoms with van der Waals surface area (Å²) in [6.45, 7) is 8.90. The van der Waals surface area contributed by atoms with Gasteiger partial charge in [0.2, 0.25) is 0 Å². The lowest BCUT2D eigenvalue weighted by Gasteiger charge is -2.11. The van der Waals surface area contributed by atoms with Crippen LogP contribution in [0.25, 0.3) is 10.9 Å². The quantitative estimate of drug-likeness (QED) is 0.457. The van der Waals surface area contributed by atoms with Gasteiger partial charge in [0.1, 0.15) is 0 Å². The normalized spacial score (nSPS) is 15.3. The van der Waals surface area contributed by atoms with Crippen molar-refractivity contribution in [2.24, 2.45) is 0 Å². The number of aliphatic carboxylic acids is 1. The van der Waals surface area contributed by atoms with Crippen LogP contribution in [0.15, 0.2) is 40.3 Å². The van der Waals surface area contributed by atoms with Crippen LogP contribution in [0.5, 0.6) is 0 Å². The fourth-order valence-corrected chi connectivity index (χ4v) is 5.33. The highest BCUT2D eigenvalue weighted by molar-refractivity contribution is 7.99. The topological polar surface area (TPSA) is 55.1 Å². The third kappa shape index (κ3) is 4.57. The monoisotopic (exact) mass is 450 g/mol. The van der Waals surface area contributed by atoms with Gasteiger partial charge < -0.3 is 9.67 Å². The van der Waals surface area contributed by atoms with E-state index in [1.165, 1.54) is 33.6 Å². The summed E-state index contributed by atoms with van der Waals surface area (Å²) in [6, 6.07) is 8.02. The number of carbonyl (C=O) groups is 1. The van der Waals surface area contributed by atoms with Crippen molar-refractivity contribution < 1.29 is 9.90 Å². The molecule has 0 fully saturated rings. The third-order valence-corrected chi connectivity index (χ3v) is 6.76. The molecular weight excluding hydrogens is 427 g/mol. The molecule has 7 heteroatoms. The van der Waals surface area contributed by atoms with Gasteiger partial charge in [-0.05, 0) is 42.5 Å². The molecule has 0 bridgehead atoms. The minimum atomic E-state index is -0.833. The van der Waals surface area contributed by atoms with Crippen LogP contribution >= 0.6 is 35.0 Å². The lowest BCUT2D eigenvalue weighted by atomic mass is 10.0. The molecule has 1 unspecified atom stereocenters. The summed E-state index contributed by atoms with van der Waals surface area (Å²) < 4.78 is 2.48. The number of aryl methyl sites for hydroxylation is 1. The number of hydrogen-bond acceptors (Lipinski definition) is 3. The summed E-state index contributed by atoms with van der Waals surface area (Å²) in [5.74, 6) is 0.105. The van der Waals surface area contributed by atoms with E-state index in [2.05, 4.69) is 31.4 Å². The Morgan fingerprint density at radius 1 is 1.28 bits per heavy atom. The van der Waals surface area contributed by atoms with Gasteiger partial charge in [0, 0.05) is 40.5 Å². The van der Waals surface area contributed by atoms with Gasteiger partial charge in [0.05, 0.1) is 21.3 Å². The SMILES string of the molecule is CC(=O)O.CC(C)c1nccc2c1c(Sc1ccc(Cl)c(Cl)c1)c1n2CCC1C. The Bertz CT molecular complexity index is 1060. The first-order valence-corrected chi connectivity index (χ1v) is 11.1. The van der Waals surface area contributed by atoms with Gasteiger partial charge in [0.15, 0.2) is 0 Å². The summed E-state index contributed by atoms with van der Waals surface area (Å²) in [7, 11) is 0. The number of fused-ring (bicyclic) bond motifs is 3. The maximum Gasteiger partial charge on any atom is 0.300 e. The summed E-state index contributed by atoms with van der Waals surface area (Å²) in [6.07, 6.45) is 3.14. The third-order valence-electron chi connectivity index (χ3n) is 4.91. The molecule has 1 N–H and O–H groups in total. The van der Waals surface area contributed by atoms with Gasteiger partial charge in [-0.2, -0.15) is 0 Å². The lowest BCUT2D eigenvalue weighted by Crippen LogP contribution is -1.95. The number of hydrogen-bond donors (Lipinski definition) is 1. The van der Waals surface area contributed by atoms with Crippen molar-refractivity contribution in [3.8, 4) is 0 Å². The number of nitrogens with zero attached hydrogens (tertiary/aromatic N) is 2. The Balaban J connectivity index is 0.000000552. The minimum Gasteiger partial charge on any atom is -0.481 e. The molecule has 0 saturated carbocycles. The molecule has 4 nitrogen and oxygen atoms in total. The van der Waals surface area contributed by atoms with Crippen LogP contribution in [-0.2, 0) is 11.3 Å². The van der Waals surface area contributed by atoms with Gasteiger partial charge >= 0.3 is 0 Å². The Hall–Kier alpha value is -1.69. The molecule has 0 saturated heterocycles. The first kappa shape index (κ1) is 22.0. The highest BCUT2D eigenvalue weighted by Crippen LogP contribution is 2.47. The molecular formula is C22H24Cl2N2O2S. The van der Waals surface area contributed by atoms with E-state index in [0.717, 1.165) is 18.4 Å². The molecule has 0 aliphatic carbocycles. The molecule has 0 radical (unpaired) electrons. The van der Waals surface area contributed by atoms with Gasteiger partial charge in [-0.3, -0.25) is 9.78 Å². The molecule has 1 atom stereocenters. The number of benzene rings is 1. The molecule has 3 aromatic rings. The standard InChI is InChI=1S/C20H20Cl2N2S.C2H4O2/c1-11(2)18-17-16(6-8-23-18)24-9-7-12(3)19(24)20(17)25-13-4-5-14(21)15(22)10-13;1-2(3)4/h4-6,8,10-12H,7,9H2,1-3H3;1H3,(H,3,4). The van der Waals surface area contributed by atoms with E-state index in [1.807, 2.05) is 24.4 Å². The van der Waals surface area contributed by atoms with Crippen molar-refractivity contribution in [1.82, 2.24) is 9.55 Å². The Morgan fingerprint density at radius 3 is 2.59 bits per heavy atom. The van der Waals surface area contributed by atoms with Gasteiger partial charge in [-0.1, -0.05) is 55.7 Å². The van der Waals surface area contributed by atoms with E-state index in [-0.39, 0.29) is 0 Å². The average molecular weight is 451 g/mol. The molecule has 1 aliphatic heterocycles. The number of halogens is 2. The first-order valence-electron chi connectivity index (χ1n) is 9.54. The van der Waals surface area contributed by atoms with Gasteiger partial charge in [0.25, 0.3) is 5.97 Å². The van der Waals surface area contributed by atoms with Crippen molar-refractivity contribution in [2.75, 3.05) is 0 Å². The highest BCUT2D eigenvalue weighted by Gasteiger charge is 2.29. The van der Waals surface area contributed by atoms with Crippen molar-refractivity contribution >= 4 is 51.8 Å². The number of pyridine rings is 1. The number of rotatable bonds is 3. The van der Waals surface area contributed by atoms with E-state index in [4.69, 9.17) is 38.1 Å². The first-order chi connectivity index (χ1) is 13.7. The summed E-state index contributed by atoms with van der Waals surface area (Å²) in [4.78, 5) is 16.1. The molecule has 1 aliphatic rings. The van der Waals surface area contributed by atoms with Crippen LogP contribution in [0.4, 0.5) is 0 Å². The Kier molecular flexibility index (Phi) is 6.82. The van der Waals surface area contributed by atoms with Gasteiger partial charge in [-0.15, -0.1) is 0 Å². The fraction of sp³-hybridized carbons (Fsp3) is 0.364. The molecule has 29 heavy (non-hydrogen) atoms. The molecule has 0 amide bonds. The van der Waals surface area contributed by atoms with Crippen LogP contribution in [0.3, 0.4) is 0 Å². The van der Waals surface area contributed by atoms with Crippen molar-refractivity contribution in [1.29, 1.82) is 0 Å². The molecule has 1 aromatic carbocycles. The van der Waals surface area contributed by atoms with Gasteiger partial charge in [-0.25, -0.2) is 0 Å². The molecule has 2 aromatic heterocycles. The zero-order valence-electron chi connectivity index (χ0n) is 16.9. The maximum atomic E-state index is 9.00. The summed E-state index contributed by atoms with van der Waals surface area (Å²) >= 11 is 14.1. The highest BCUT2D eigenvalue weighted by atomic mass is 35.5. The molecule has 154 valence electrons. The van der Waals surface area contributed by atoms with E-state index in [9.17, 15) is 0 Å². The Morgan fingerprint density at radius 2 is 1.97 bits per heavy atom. The second kappa shape index (κ2) is 8.99. The van der Waals surface area contributed by atoms with Crippen molar-refractivity contribution in [2.45, 2.75) is 62.3 Å². The van der Waals surface area contributed by atoms with Crippen molar-refractivity contribution in [3.63, 3.8) is 0 Å². The largest absolute Gasteiger partial charge is 0.481 e. The van der Waals surface area contributed by atoms with E-state index in [1.54, 1.807) is 11.8 Å². The Labute approximate surface area is 185 Å². The predicted molar refractivity (Wildman–Crippen MR) is 121 cm³/mol. The zero-order valence-corrected chi connectivity index (χ0v) is 19.2. The van der Waals surface area contributed by atoms with Crippen LogP contribution in [0.1, 0.15) is 57.3 Å². The average Bonchev–Trinajstić information content (AvgIpc) is 3.17. The molecule has 3 heterocycles. The molecule has 4 rings (SSSR count). The maximum absolute atomic E-state index is 9.00. The second-order valence-electron chi connectivity index (χ2n) is 7.50. The second-order valence-corrected chi connectivity index (χ2v) is 9.40. The summed E-state index contributed by atoms with van der Waals surface area (Å²) in [5.41, 5.74) is 3.91. The van der Waals surface area contributed by atoms with Crippen molar-refractivity contribution in [3.05, 3.63) is 51.9 Å². The predicted octanol–water partition coefficient (Wildman–Crippen LogP) is 7.22. The van der Waals surface area contributed by atoms with E-state index in [0.29, 0.717) is 21.9 Å². The lowest BCUT2D eigenvalue weighted by molar-refractivity contribution is -0.134. The summed E-state index contributed by atoms with van der Waals surface area (Å²) in [5, 5.41) is 9.91. The van der Waals surface area contributed by atoms with E-state index < -0.39 is 5.97 Å². The number of aromatic nitrogens is 2. The van der Waals surface area contributed by atoms with Crippen LogP contribution < -0.4 is 0 Å². The van der Waals surface area contributed by atoms with E-state index >= 15 is 0 Å². The smallest absolute Gasteiger partial charge is 0.300 e. The van der Waals surface area contributed by atoms with Crippen LogP contribution in [0, 0.1) is 0 Å². The molecule has 0 spiro atoms. The number of carboxylic acids is 1. The fourth-order valence-electron chi connectivity index (χ4n) is 3.69. The minimum absolute atomic E-state index is 0.385.